The Kier molecular flexibility index (Phi) is 6.29. The topological polar surface area (TPSA) is 92.8 Å². The molecule has 1 amide bonds. The highest BCUT2D eigenvalue weighted by Gasteiger charge is 2.27. The number of rotatable bonds is 6. The van der Waals surface area contributed by atoms with Gasteiger partial charge >= 0.3 is 5.97 Å². The first kappa shape index (κ1) is 20.9. The van der Waals surface area contributed by atoms with Crippen molar-refractivity contribution in [1.29, 1.82) is 0 Å². The molecule has 0 radical (unpaired) electrons. The number of halogens is 1. The molecule has 0 aliphatic carbocycles. The summed E-state index contributed by atoms with van der Waals surface area (Å²) in [7, 11) is -3.66. The van der Waals surface area contributed by atoms with Crippen molar-refractivity contribution in [3.63, 3.8) is 0 Å². The van der Waals surface area contributed by atoms with Gasteiger partial charge in [0.05, 0.1) is 10.5 Å². The number of carbonyl (C=O) groups excluding carboxylic acids is 2. The number of sulfonamides is 1. The van der Waals surface area contributed by atoms with Crippen molar-refractivity contribution in [2.45, 2.75) is 24.7 Å². The van der Waals surface area contributed by atoms with Crippen LogP contribution in [0.1, 0.15) is 28.8 Å². The van der Waals surface area contributed by atoms with Gasteiger partial charge in [-0.1, -0.05) is 12.1 Å². The summed E-state index contributed by atoms with van der Waals surface area (Å²) >= 11 is 0. The summed E-state index contributed by atoms with van der Waals surface area (Å²) in [4.78, 5) is 24.3. The molecule has 7 nitrogen and oxygen atoms in total. The van der Waals surface area contributed by atoms with Crippen molar-refractivity contribution in [3.8, 4) is 0 Å². The number of hydrogen-bond acceptors (Lipinski definition) is 5. The number of nitrogens with one attached hydrogen (secondary N) is 1. The van der Waals surface area contributed by atoms with E-state index < -0.39 is 34.3 Å². The van der Waals surface area contributed by atoms with E-state index in [9.17, 15) is 22.4 Å². The molecule has 0 atom stereocenters. The Morgan fingerprint density at radius 1 is 1.14 bits per heavy atom. The third-order valence-electron chi connectivity index (χ3n) is 4.58. The number of anilines is 1. The van der Waals surface area contributed by atoms with Gasteiger partial charge in [-0.3, -0.25) is 4.79 Å². The van der Waals surface area contributed by atoms with Gasteiger partial charge < -0.3 is 10.1 Å². The standard InChI is InChI=1S/C20H21FN2O5S/c1-14-7-8-16(21)12-18(14)22-19(24)13-28-20(25)15-5-4-6-17(11-15)29(26,27)23-9-2-3-10-23/h4-8,11-12H,2-3,9-10,13H2,1H3,(H,22,24). The van der Waals surface area contributed by atoms with Gasteiger partial charge in [0.2, 0.25) is 10.0 Å². The summed E-state index contributed by atoms with van der Waals surface area (Å²) in [5.41, 5.74) is 0.968. The molecule has 0 unspecified atom stereocenters. The average molecular weight is 420 g/mol. The minimum Gasteiger partial charge on any atom is -0.452 e. The Balaban J connectivity index is 1.63. The van der Waals surface area contributed by atoms with Crippen molar-refractivity contribution in [1.82, 2.24) is 4.31 Å². The molecule has 2 aromatic carbocycles. The zero-order valence-corrected chi connectivity index (χ0v) is 16.7. The molecule has 0 spiro atoms. The van der Waals surface area contributed by atoms with E-state index in [4.69, 9.17) is 4.74 Å². The summed E-state index contributed by atoms with van der Waals surface area (Å²) in [6.07, 6.45) is 1.61. The van der Waals surface area contributed by atoms with Gasteiger partial charge in [0.25, 0.3) is 5.91 Å². The molecule has 0 saturated carbocycles. The second kappa shape index (κ2) is 8.71. The van der Waals surface area contributed by atoms with Crippen LogP contribution in [-0.4, -0.2) is 44.3 Å². The molecule has 9 heteroatoms. The Labute approximate surface area is 168 Å². The second-order valence-electron chi connectivity index (χ2n) is 6.72. The fourth-order valence-electron chi connectivity index (χ4n) is 2.99. The lowest BCUT2D eigenvalue weighted by Crippen LogP contribution is -2.28. The Morgan fingerprint density at radius 2 is 1.86 bits per heavy atom. The van der Waals surface area contributed by atoms with Crippen LogP contribution in [0.2, 0.25) is 0 Å². The van der Waals surface area contributed by atoms with E-state index in [1.165, 1.54) is 46.8 Å². The van der Waals surface area contributed by atoms with Crippen molar-refractivity contribution in [2.75, 3.05) is 25.0 Å². The molecule has 1 aliphatic rings. The predicted octanol–water partition coefficient (Wildman–Crippen LogP) is 2.71. The van der Waals surface area contributed by atoms with Gasteiger partial charge in [0.15, 0.2) is 6.61 Å². The quantitative estimate of drug-likeness (QED) is 0.726. The maximum atomic E-state index is 13.3. The van der Waals surface area contributed by atoms with Gasteiger partial charge in [0, 0.05) is 18.8 Å². The third-order valence-corrected chi connectivity index (χ3v) is 6.48. The van der Waals surface area contributed by atoms with Gasteiger partial charge in [-0.2, -0.15) is 4.31 Å². The maximum Gasteiger partial charge on any atom is 0.338 e. The molecule has 1 fully saturated rings. The molecule has 1 saturated heterocycles. The second-order valence-corrected chi connectivity index (χ2v) is 8.66. The molecule has 1 N–H and O–H groups in total. The summed E-state index contributed by atoms with van der Waals surface area (Å²) in [6.45, 7) is 2.03. The normalized spacial score (nSPS) is 14.6. The molecule has 1 heterocycles. The van der Waals surface area contributed by atoms with Crippen LogP contribution in [0, 0.1) is 12.7 Å². The van der Waals surface area contributed by atoms with Crippen LogP contribution < -0.4 is 5.32 Å². The van der Waals surface area contributed by atoms with E-state index in [-0.39, 0.29) is 16.1 Å². The maximum absolute atomic E-state index is 13.3. The summed E-state index contributed by atoms with van der Waals surface area (Å²) < 4.78 is 44.9. The molecule has 154 valence electrons. The molecule has 1 aliphatic heterocycles. The zero-order chi connectivity index (χ0) is 21.0. The number of hydrogen-bond donors (Lipinski definition) is 1. The van der Waals surface area contributed by atoms with Crippen LogP contribution in [0.25, 0.3) is 0 Å². The van der Waals surface area contributed by atoms with Crippen LogP contribution in [0.5, 0.6) is 0 Å². The molecule has 29 heavy (non-hydrogen) atoms. The van der Waals surface area contributed by atoms with E-state index in [0.717, 1.165) is 12.8 Å². The lowest BCUT2D eigenvalue weighted by molar-refractivity contribution is -0.119. The number of ether oxygens (including phenoxy) is 1. The van der Waals surface area contributed by atoms with Crippen LogP contribution in [-0.2, 0) is 19.6 Å². The first-order valence-corrected chi connectivity index (χ1v) is 10.5. The molecule has 3 rings (SSSR count). The lowest BCUT2D eigenvalue weighted by Gasteiger charge is -2.15. The predicted molar refractivity (Wildman–Crippen MR) is 104 cm³/mol. The Hall–Kier alpha value is -2.78. The number of amides is 1. The van der Waals surface area contributed by atoms with E-state index >= 15 is 0 Å². The number of benzene rings is 2. The Bertz CT molecular complexity index is 1030. The van der Waals surface area contributed by atoms with Crippen molar-refractivity contribution >= 4 is 27.6 Å². The molecule has 0 aromatic heterocycles. The van der Waals surface area contributed by atoms with E-state index in [0.29, 0.717) is 18.7 Å². The third kappa shape index (κ3) is 4.99. The highest BCUT2D eigenvalue weighted by molar-refractivity contribution is 7.89. The number of carbonyl (C=O) groups is 2. The highest BCUT2D eigenvalue weighted by atomic mass is 32.2. The fraction of sp³-hybridized carbons (Fsp3) is 0.300. The molecule has 0 bridgehead atoms. The summed E-state index contributed by atoms with van der Waals surface area (Å²) in [5.74, 6) is -1.96. The van der Waals surface area contributed by atoms with Crippen LogP contribution in [0.4, 0.5) is 10.1 Å². The molecule has 2 aromatic rings. The largest absolute Gasteiger partial charge is 0.452 e. The summed E-state index contributed by atoms with van der Waals surface area (Å²) in [5, 5.41) is 2.47. The molecular weight excluding hydrogens is 399 g/mol. The van der Waals surface area contributed by atoms with Crippen molar-refractivity contribution in [3.05, 3.63) is 59.4 Å². The number of esters is 1. The number of aryl methyl sites for hydroxylation is 1. The van der Waals surface area contributed by atoms with Gasteiger partial charge in [-0.15, -0.1) is 0 Å². The monoisotopic (exact) mass is 420 g/mol. The molecular formula is C20H21FN2O5S. The van der Waals surface area contributed by atoms with Crippen LogP contribution >= 0.6 is 0 Å². The highest BCUT2D eigenvalue weighted by Crippen LogP contribution is 2.22. The van der Waals surface area contributed by atoms with E-state index in [1.807, 2.05) is 0 Å². The lowest BCUT2D eigenvalue weighted by atomic mass is 10.2. The van der Waals surface area contributed by atoms with Gasteiger partial charge in [0.1, 0.15) is 5.82 Å². The van der Waals surface area contributed by atoms with E-state index in [2.05, 4.69) is 5.32 Å². The van der Waals surface area contributed by atoms with Crippen LogP contribution in [0.15, 0.2) is 47.4 Å². The van der Waals surface area contributed by atoms with Gasteiger partial charge in [-0.05, 0) is 55.7 Å². The number of nitrogens with zero attached hydrogens (tertiary/aromatic N) is 1. The van der Waals surface area contributed by atoms with Gasteiger partial charge in [-0.25, -0.2) is 17.6 Å². The first-order chi connectivity index (χ1) is 13.8. The van der Waals surface area contributed by atoms with Crippen molar-refractivity contribution < 1.29 is 27.1 Å². The average Bonchev–Trinajstić information content (AvgIpc) is 3.25. The summed E-state index contributed by atoms with van der Waals surface area (Å²) in [6, 6.07) is 9.49. The smallest absolute Gasteiger partial charge is 0.338 e. The first-order valence-electron chi connectivity index (χ1n) is 9.11. The fourth-order valence-corrected chi connectivity index (χ4v) is 4.55. The minimum absolute atomic E-state index is 0.00804. The minimum atomic E-state index is -3.66. The van der Waals surface area contributed by atoms with Crippen molar-refractivity contribution in [2.24, 2.45) is 0 Å². The SMILES string of the molecule is Cc1ccc(F)cc1NC(=O)COC(=O)c1cccc(S(=O)(=O)N2CCCC2)c1. The van der Waals surface area contributed by atoms with Crippen LogP contribution in [0.3, 0.4) is 0 Å². The Morgan fingerprint density at radius 3 is 2.59 bits per heavy atom. The van der Waals surface area contributed by atoms with E-state index in [1.54, 1.807) is 6.92 Å². The zero-order valence-electron chi connectivity index (χ0n) is 15.9.